The first-order valence-electron chi connectivity index (χ1n) is 21.4. The third kappa shape index (κ3) is 19.6. The fourth-order valence-electron chi connectivity index (χ4n) is 6.54. The molecule has 0 aromatic rings. The van der Waals surface area contributed by atoms with Crippen LogP contribution >= 0.6 is 0 Å². The molecule has 0 fully saturated rings. The molecule has 2 atom stereocenters. The number of rotatable bonds is 35. The molecule has 54 heavy (non-hydrogen) atoms. The number of esters is 4. The van der Waals surface area contributed by atoms with Gasteiger partial charge in [-0.3, -0.25) is 14.4 Å². The molecule has 314 valence electrons. The fourth-order valence-corrected chi connectivity index (χ4v) is 6.54. The van der Waals surface area contributed by atoms with E-state index in [-0.39, 0.29) is 19.3 Å². The van der Waals surface area contributed by atoms with Crippen LogP contribution in [0.15, 0.2) is 11.5 Å². The molecule has 0 aromatic heterocycles. The lowest BCUT2D eigenvalue weighted by Gasteiger charge is -2.41. The van der Waals surface area contributed by atoms with Crippen LogP contribution in [0, 0.1) is 0 Å². The summed E-state index contributed by atoms with van der Waals surface area (Å²) in [5, 5.41) is 44.3. The zero-order chi connectivity index (χ0) is 40.1. The van der Waals surface area contributed by atoms with E-state index < -0.39 is 53.3 Å². The zero-order valence-corrected chi connectivity index (χ0v) is 33.8. The molecular formula is C42H74O12. The Morgan fingerprint density at radius 1 is 0.500 bits per heavy atom. The predicted octanol–water partition coefficient (Wildman–Crippen LogP) is 9.97. The van der Waals surface area contributed by atoms with Gasteiger partial charge in [0.25, 0.3) is 0 Å². The van der Waals surface area contributed by atoms with Crippen molar-refractivity contribution in [3.63, 3.8) is 0 Å². The van der Waals surface area contributed by atoms with Crippen LogP contribution in [0.25, 0.3) is 0 Å². The summed E-state index contributed by atoms with van der Waals surface area (Å²) in [6, 6.07) is 0. The molecule has 1 aliphatic heterocycles. The second-order valence-electron chi connectivity index (χ2n) is 15.0. The van der Waals surface area contributed by atoms with Crippen LogP contribution in [0.1, 0.15) is 213 Å². The Morgan fingerprint density at radius 3 is 1.06 bits per heavy atom. The van der Waals surface area contributed by atoms with Gasteiger partial charge in [0.2, 0.25) is 11.9 Å². The molecule has 0 aromatic carbocycles. The van der Waals surface area contributed by atoms with Crippen LogP contribution in [0.2, 0.25) is 0 Å². The first kappa shape index (κ1) is 49.2. The van der Waals surface area contributed by atoms with Gasteiger partial charge in [0.05, 0.1) is 0 Å². The number of carbonyl (C=O) groups excluding carboxylic acids is 4. The first-order chi connectivity index (χ1) is 26.0. The number of ether oxygens (including phenoxy) is 4. The maximum Gasteiger partial charge on any atom is 0.448 e. The van der Waals surface area contributed by atoms with E-state index in [0.29, 0.717) is 38.5 Å². The quantitative estimate of drug-likeness (QED) is 0.0207. The average molecular weight is 771 g/mol. The Labute approximate surface area is 324 Å². The van der Waals surface area contributed by atoms with Crippen molar-refractivity contribution in [2.75, 3.05) is 0 Å². The second-order valence-corrected chi connectivity index (χ2v) is 15.0. The lowest BCUT2D eigenvalue weighted by atomic mass is 10.0. The first-order valence-corrected chi connectivity index (χ1v) is 21.4. The average Bonchev–Trinajstić information content (AvgIpc) is 3.40. The van der Waals surface area contributed by atoms with Crippen LogP contribution < -0.4 is 0 Å². The molecule has 0 unspecified atom stereocenters. The van der Waals surface area contributed by atoms with Gasteiger partial charge in [-0.25, -0.2) is 4.79 Å². The summed E-state index contributed by atoms with van der Waals surface area (Å²) >= 11 is 0. The summed E-state index contributed by atoms with van der Waals surface area (Å²) in [6.07, 6.45) is 22.7. The largest absolute Gasteiger partial charge is 0.505 e. The van der Waals surface area contributed by atoms with Gasteiger partial charge in [0.15, 0.2) is 5.76 Å². The van der Waals surface area contributed by atoms with Crippen LogP contribution in [-0.4, -0.2) is 62.2 Å². The van der Waals surface area contributed by atoms with E-state index in [1.165, 1.54) is 38.5 Å². The SMILES string of the molecule is CCCCCCCCCCCC(=O)OC(O)(OC(=O)CCCCCCCCCCC)[C@@](O)(OC(=O)CCCCCCCCCCC)[C@H]1OC(=O)C(O)=C1O. The standard InChI is InChI=1S/C42H74O12/c1-4-7-10-13-16-19-22-25-28-31-34(43)52-41(49,39-37(46)38(47)40(48)51-39)42(50,53-35(44)32-29-26-23-20-17-14-11-8-5-2)54-36(45)33-30-27-24-21-18-15-12-9-6-3/h39,46-47,49-50H,4-33H2,1-3H3/t39-,41-/m0/s1. The number of aliphatic hydroxyl groups is 4. The maximum atomic E-state index is 13.1. The van der Waals surface area contributed by atoms with E-state index in [0.717, 1.165) is 96.3 Å². The smallest absolute Gasteiger partial charge is 0.448 e. The molecule has 12 nitrogen and oxygen atoms in total. The summed E-state index contributed by atoms with van der Waals surface area (Å²) < 4.78 is 20.6. The van der Waals surface area contributed by atoms with Gasteiger partial charge in [0, 0.05) is 19.3 Å². The molecule has 0 bridgehead atoms. The van der Waals surface area contributed by atoms with Crippen LogP contribution in [0.3, 0.4) is 0 Å². The third-order valence-electron chi connectivity index (χ3n) is 9.94. The highest BCUT2D eigenvalue weighted by Gasteiger charge is 2.70. The van der Waals surface area contributed by atoms with Crippen molar-refractivity contribution < 1.29 is 58.6 Å². The predicted molar refractivity (Wildman–Crippen MR) is 206 cm³/mol. The number of unbranched alkanes of at least 4 members (excludes halogenated alkanes) is 24. The summed E-state index contributed by atoms with van der Waals surface area (Å²) in [5.74, 6) is -14.9. The van der Waals surface area contributed by atoms with Gasteiger partial charge in [-0.15, -0.1) is 0 Å². The maximum absolute atomic E-state index is 13.1. The zero-order valence-electron chi connectivity index (χ0n) is 33.8. The minimum Gasteiger partial charge on any atom is -0.505 e. The minimum atomic E-state index is -3.75. The van der Waals surface area contributed by atoms with E-state index in [9.17, 15) is 39.6 Å². The van der Waals surface area contributed by atoms with Gasteiger partial charge in [-0.2, -0.15) is 0 Å². The molecule has 4 N–H and O–H groups in total. The molecule has 0 amide bonds. The number of hydrogen-bond acceptors (Lipinski definition) is 12. The van der Waals surface area contributed by atoms with Gasteiger partial charge in [-0.1, -0.05) is 175 Å². The molecule has 12 heteroatoms. The van der Waals surface area contributed by atoms with Gasteiger partial charge >= 0.3 is 35.6 Å². The van der Waals surface area contributed by atoms with Crippen molar-refractivity contribution in [2.45, 2.75) is 231 Å². The molecule has 0 saturated carbocycles. The summed E-state index contributed by atoms with van der Waals surface area (Å²) in [4.78, 5) is 51.6. The lowest BCUT2D eigenvalue weighted by molar-refractivity contribution is -0.457. The molecule has 0 spiro atoms. The number of cyclic esters (lactones) is 1. The lowest BCUT2D eigenvalue weighted by Crippen LogP contribution is -2.67. The van der Waals surface area contributed by atoms with Crippen molar-refractivity contribution in [1.29, 1.82) is 0 Å². The van der Waals surface area contributed by atoms with Crippen molar-refractivity contribution in [2.24, 2.45) is 0 Å². The van der Waals surface area contributed by atoms with Gasteiger partial charge < -0.3 is 39.4 Å². The van der Waals surface area contributed by atoms with Crippen LogP contribution in [-0.2, 0) is 38.1 Å². The number of hydrogen-bond donors (Lipinski definition) is 4. The van der Waals surface area contributed by atoms with E-state index in [4.69, 9.17) is 18.9 Å². The van der Waals surface area contributed by atoms with E-state index in [1.807, 2.05) is 0 Å². The molecule has 0 radical (unpaired) electrons. The van der Waals surface area contributed by atoms with E-state index >= 15 is 0 Å². The Bertz CT molecular complexity index is 1050. The fraction of sp³-hybridized carbons (Fsp3) is 0.857. The second kappa shape index (κ2) is 29.4. The molecule has 1 heterocycles. The van der Waals surface area contributed by atoms with Crippen molar-refractivity contribution in [3.05, 3.63) is 11.5 Å². The van der Waals surface area contributed by atoms with Crippen LogP contribution in [0.4, 0.5) is 0 Å². The Hall–Kier alpha value is -2.86. The summed E-state index contributed by atoms with van der Waals surface area (Å²) in [6.45, 7) is 6.47. The summed E-state index contributed by atoms with van der Waals surface area (Å²) in [5.41, 5.74) is 0. The normalized spacial score (nSPS) is 15.6. The number of aliphatic hydroxyl groups excluding tert-OH is 2. The van der Waals surface area contributed by atoms with E-state index in [1.54, 1.807) is 0 Å². The molecule has 0 saturated heterocycles. The third-order valence-corrected chi connectivity index (χ3v) is 9.94. The Morgan fingerprint density at radius 2 is 0.778 bits per heavy atom. The summed E-state index contributed by atoms with van der Waals surface area (Å²) in [7, 11) is 0. The molecule has 1 aliphatic rings. The molecule has 0 aliphatic carbocycles. The highest BCUT2D eigenvalue weighted by molar-refractivity contribution is 5.89. The minimum absolute atomic E-state index is 0.242. The van der Waals surface area contributed by atoms with Crippen molar-refractivity contribution in [1.82, 2.24) is 0 Å². The monoisotopic (exact) mass is 771 g/mol. The Balaban J connectivity index is 3.05. The van der Waals surface area contributed by atoms with E-state index in [2.05, 4.69) is 20.8 Å². The topological polar surface area (TPSA) is 186 Å². The van der Waals surface area contributed by atoms with Gasteiger partial charge in [0.1, 0.15) is 0 Å². The highest BCUT2D eigenvalue weighted by atomic mass is 16.9. The molecular weight excluding hydrogens is 696 g/mol. The van der Waals surface area contributed by atoms with Crippen molar-refractivity contribution >= 4 is 23.9 Å². The van der Waals surface area contributed by atoms with Gasteiger partial charge in [-0.05, 0) is 19.3 Å². The van der Waals surface area contributed by atoms with Crippen molar-refractivity contribution in [3.8, 4) is 0 Å². The number of carbonyl (C=O) groups is 4. The van der Waals surface area contributed by atoms with Crippen LogP contribution in [0.5, 0.6) is 0 Å². The highest BCUT2D eigenvalue weighted by Crippen LogP contribution is 2.39. The molecule has 1 rings (SSSR count). The Kier molecular flexibility index (Phi) is 26.8.